The molecule has 0 aromatic heterocycles. The van der Waals surface area contributed by atoms with Gasteiger partial charge in [0.15, 0.2) is 0 Å². The van der Waals surface area contributed by atoms with Crippen LogP contribution in [0.4, 0.5) is 0 Å². The fourth-order valence-electron chi connectivity index (χ4n) is 2.36. The zero-order chi connectivity index (χ0) is 14.3. The number of aliphatic hydroxyl groups is 1. The monoisotopic (exact) mass is 257 g/mol. The average Bonchev–Trinajstić information content (AvgIpc) is 2.28. The number of nitrogens with two attached hydrogens (primary N) is 1. The second-order valence-corrected chi connectivity index (χ2v) is 5.64. The van der Waals surface area contributed by atoms with Gasteiger partial charge in [0.25, 0.3) is 0 Å². The van der Waals surface area contributed by atoms with Crippen LogP contribution in [-0.4, -0.2) is 36.2 Å². The minimum Gasteiger partial charge on any atom is -0.387 e. The number of hydrazine groups is 1. The van der Waals surface area contributed by atoms with E-state index in [9.17, 15) is 5.11 Å². The van der Waals surface area contributed by atoms with Gasteiger partial charge in [-0.15, -0.1) is 0 Å². The van der Waals surface area contributed by atoms with Crippen molar-refractivity contribution in [2.75, 3.05) is 14.1 Å². The van der Waals surface area contributed by atoms with E-state index in [4.69, 9.17) is 5.84 Å². The lowest BCUT2D eigenvalue weighted by atomic mass is 9.83. The highest BCUT2D eigenvalue weighted by Gasteiger charge is 2.30. The molecule has 18 heavy (non-hydrogen) atoms. The van der Waals surface area contributed by atoms with Crippen molar-refractivity contribution in [3.05, 3.63) is 11.8 Å². The van der Waals surface area contributed by atoms with Gasteiger partial charge in [0, 0.05) is 12.2 Å². The molecule has 0 rings (SSSR count). The predicted molar refractivity (Wildman–Crippen MR) is 77.8 cm³/mol. The van der Waals surface area contributed by atoms with E-state index in [2.05, 4.69) is 38.0 Å². The van der Waals surface area contributed by atoms with Crippen LogP contribution >= 0.6 is 0 Å². The Morgan fingerprint density at radius 3 is 2.22 bits per heavy atom. The molecule has 0 aromatic carbocycles. The third-order valence-electron chi connectivity index (χ3n) is 3.70. The molecule has 0 saturated carbocycles. The standard InChI is InChI=1S/C14H31N3O/c1-7-8-12(9-16-15)14(18)13(17(5)6)11(4)10(2)3/h9-11,13-14,16,18H,7-8,15H2,1-6H3/b12-9+/t11?,13-,14+/m0/s1. The van der Waals surface area contributed by atoms with E-state index < -0.39 is 6.10 Å². The maximum atomic E-state index is 10.6. The fourth-order valence-corrected chi connectivity index (χ4v) is 2.36. The van der Waals surface area contributed by atoms with Gasteiger partial charge in [-0.05, 0) is 37.9 Å². The molecular weight excluding hydrogens is 226 g/mol. The van der Waals surface area contributed by atoms with Crippen molar-refractivity contribution in [2.45, 2.75) is 52.7 Å². The Morgan fingerprint density at radius 1 is 1.33 bits per heavy atom. The Balaban J connectivity index is 5.04. The fraction of sp³-hybridized carbons (Fsp3) is 0.857. The van der Waals surface area contributed by atoms with Crippen LogP contribution in [0.5, 0.6) is 0 Å². The molecule has 0 aromatic rings. The summed E-state index contributed by atoms with van der Waals surface area (Å²) in [5, 5.41) is 10.6. The first-order valence-corrected chi connectivity index (χ1v) is 6.86. The Hall–Kier alpha value is -0.580. The molecule has 0 aliphatic heterocycles. The van der Waals surface area contributed by atoms with Crippen molar-refractivity contribution in [1.29, 1.82) is 0 Å². The summed E-state index contributed by atoms with van der Waals surface area (Å²) in [5.41, 5.74) is 3.53. The molecule has 3 atom stereocenters. The topological polar surface area (TPSA) is 61.5 Å². The Labute approximate surface area is 112 Å². The van der Waals surface area contributed by atoms with E-state index in [1.54, 1.807) is 6.20 Å². The van der Waals surface area contributed by atoms with Crippen LogP contribution in [-0.2, 0) is 0 Å². The number of aliphatic hydroxyl groups excluding tert-OH is 1. The smallest absolute Gasteiger partial charge is 0.0925 e. The zero-order valence-electron chi connectivity index (χ0n) is 12.8. The molecule has 0 aliphatic carbocycles. The van der Waals surface area contributed by atoms with Crippen LogP contribution in [0.1, 0.15) is 40.5 Å². The molecule has 0 radical (unpaired) electrons. The second-order valence-electron chi connectivity index (χ2n) is 5.64. The summed E-state index contributed by atoms with van der Waals surface area (Å²) in [7, 11) is 4.04. The number of hydrogen-bond donors (Lipinski definition) is 3. The highest BCUT2D eigenvalue weighted by molar-refractivity contribution is 5.11. The van der Waals surface area contributed by atoms with Crippen LogP contribution < -0.4 is 11.3 Å². The van der Waals surface area contributed by atoms with Gasteiger partial charge in [0.05, 0.1) is 6.10 Å². The summed E-state index contributed by atoms with van der Waals surface area (Å²) in [6.07, 6.45) is 3.12. The molecule has 0 spiro atoms. The Kier molecular flexibility index (Phi) is 8.24. The molecule has 0 bridgehead atoms. The summed E-state index contributed by atoms with van der Waals surface area (Å²) in [6.45, 7) is 8.68. The van der Waals surface area contributed by atoms with Gasteiger partial charge in [-0.1, -0.05) is 34.1 Å². The molecular formula is C14H31N3O. The lowest BCUT2D eigenvalue weighted by Crippen LogP contribution is -2.46. The quantitative estimate of drug-likeness (QED) is 0.458. The maximum Gasteiger partial charge on any atom is 0.0925 e. The van der Waals surface area contributed by atoms with Gasteiger partial charge >= 0.3 is 0 Å². The number of nitrogens with zero attached hydrogens (tertiary/aromatic N) is 1. The lowest BCUT2D eigenvalue weighted by Gasteiger charge is -2.37. The van der Waals surface area contributed by atoms with Crippen molar-refractivity contribution < 1.29 is 5.11 Å². The summed E-state index contributed by atoms with van der Waals surface area (Å²) in [4.78, 5) is 2.11. The van der Waals surface area contributed by atoms with E-state index in [1.807, 2.05) is 14.1 Å². The molecule has 4 N–H and O–H groups in total. The van der Waals surface area contributed by atoms with Gasteiger partial charge in [0.2, 0.25) is 0 Å². The number of likely N-dealkylation sites (N-methyl/N-ethyl adjacent to an activating group) is 1. The van der Waals surface area contributed by atoms with Crippen molar-refractivity contribution in [3.63, 3.8) is 0 Å². The van der Waals surface area contributed by atoms with Gasteiger partial charge in [-0.3, -0.25) is 5.84 Å². The van der Waals surface area contributed by atoms with Crippen molar-refractivity contribution in [1.82, 2.24) is 10.3 Å². The van der Waals surface area contributed by atoms with Crippen LogP contribution in [0.25, 0.3) is 0 Å². The normalized spacial score (nSPS) is 18.0. The van der Waals surface area contributed by atoms with Gasteiger partial charge in [-0.25, -0.2) is 0 Å². The summed E-state index contributed by atoms with van der Waals surface area (Å²) in [5.74, 6) is 6.30. The molecule has 4 heteroatoms. The van der Waals surface area contributed by atoms with Crippen molar-refractivity contribution in [2.24, 2.45) is 17.7 Å². The largest absolute Gasteiger partial charge is 0.387 e. The predicted octanol–water partition coefficient (Wildman–Crippen LogP) is 1.72. The zero-order valence-corrected chi connectivity index (χ0v) is 12.8. The van der Waals surface area contributed by atoms with Gasteiger partial charge < -0.3 is 15.4 Å². The summed E-state index contributed by atoms with van der Waals surface area (Å²) in [6, 6.07) is 0.108. The molecule has 0 heterocycles. The first-order chi connectivity index (χ1) is 8.36. The number of hydrogen-bond acceptors (Lipinski definition) is 4. The van der Waals surface area contributed by atoms with Crippen LogP contribution in [0.3, 0.4) is 0 Å². The third kappa shape index (κ3) is 4.96. The average molecular weight is 257 g/mol. The van der Waals surface area contributed by atoms with E-state index >= 15 is 0 Å². The number of rotatable bonds is 8. The molecule has 108 valence electrons. The second kappa shape index (κ2) is 8.51. The molecule has 4 nitrogen and oxygen atoms in total. The Bertz CT molecular complexity index is 251. The van der Waals surface area contributed by atoms with Crippen molar-refractivity contribution in [3.8, 4) is 0 Å². The van der Waals surface area contributed by atoms with Crippen LogP contribution in [0.2, 0.25) is 0 Å². The molecule has 1 unspecified atom stereocenters. The minimum atomic E-state index is -0.478. The highest BCUT2D eigenvalue weighted by Crippen LogP contribution is 2.25. The highest BCUT2D eigenvalue weighted by atomic mass is 16.3. The minimum absolute atomic E-state index is 0.108. The van der Waals surface area contributed by atoms with Crippen LogP contribution in [0, 0.1) is 11.8 Å². The molecule has 0 amide bonds. The molecule has 0 saturated heterocycles. The van der Waals surface area contributed by atoms with Gasteiger partial charge in [-0.2, -0.15) is 0 Å². The number of nitrogens with one attached hydrogen (secondary N) is 1. The summed E-state index contributed by atoms with van der Waals surface area (Å²) < 4.78 is 0. The van der Waals surface area contributed by atoms with E-state index in [0.717, 1.165) is 18.4 Å². The SMILES string of the molecule is CCC/C(=C\NN)[C@@H](O)[C@H](C(C)C(C)C)N(C)C. The summed E-state index contributed by atoms with van der Waals surface area (Å²) >= 11 is 0. The first kappa shape index (κ1) is 17.4. The third-order valence-corrected chi connectivity index (χ3v) is 3.70. The van der Waals surface area contributed by atoms with Crippen LogP contribution in [0.15, 0.2) is 11.8 Å². The lowest BCUT2D eigenvalue weighted by molar-refractivity contribution is 0.0525. The van der Waals surface area contributed by atoms with E-state index in [1.165, 1.54) is 0 Å². The maximum absolute atomic E-state index is 10.6. The van der Waals surface area contributed by atoms with E-state index in [0.29, 0.717) is 11.8 Å². The molecule has 0 aliphatic rings. The van der Waals surface area contributed by atoms with Gasteiger partial charge in [0.1, 0.15) is 0 Å². The molecule has 0 fully saturated rings. The Morgan fingerprint density at radius 2 is 1.89 bits per heavy atom. The van der Waals surface area contributed by atoms with E-state index in [-0.39, 0.29) is 6.04 Å². The first-order valence-electron chi connectivity index (χ1n) is 6.86. The van der Waals surface area contributed by atoms with Crippen molar-refractivity contribution >= 4 is 0 Å².